The third kappa shape index (κ3) is 3.92. The molecule has 0 aliphatic heterocycles. The fourth-order valence-electron chi connectivity index (χ4n) is 2.48. The maximum atomic E-state index is 4.59. The molecule has 0 saturated carbocycles. The molecule has 0 aliphatic rings. The number of aliphatic imine (C=N–C) groups is 1. The summed E-state index contributed by atoms with van der Waals surface area (Å²) in [6.07, 6.45) is 2.59. The second-order valence-electron chi connectivity index (χ2n) is 5.52. The Bertz CT molecular complexity index is 782. The minimum atomic E-state index is 0.594. The first kappa shape index (κ1) is 16.0. The Balaban J connectivity index is 1.56. The SMILES string of the molecule is CCNC(=NCc1ccnn1C)NCCc1nc2ccccc2[nH]1. The normalized spacial score (nSPS) is 11.8. The summed E-state index contributed by atoms with van der Waals surface area (Å²) in [5.41, 5.74) is 3.15. The molecule has 0 amide bonds. The van der Waals surface area contributed by atoms with Crippen molar-refractivity contribution >= 4 is 17.0 Å². The smallest absolute Gasteiger partial charge is 0.191 e. The minimum absolute atomic E-state index is 0.594. The lowest BCUT2D eigenvalue weighted by molar-refractivity contribution is 0.706. The number of hydrogen-bond acceptors (Lipinski definition) is 3. The number of aromatic nitrogens is 4. The maximum absolute atomic E-state index is 4.59. The van der Waals surface area contributed by atoms with Gasteiger partial charge in [0.15, 0.2) is 5.96 Å². The van der Waals surface area contributed by atoms with E-state index >= 15 is 0 Å². The van der Waals surface area contributed by atoms with Crippen molar-refractivity contribution in [1.29, 1.82) is 0 Å². The first-order valence-electron chi connectivity index (χ1n) is 8.19. The Hall–Kier alpha value is -2.83. The quantitative estimate of drug-likeness (QED) is 0.475. The molecule has 1 aromatic carbocycles. The number of nitrogens with one attached hydrogen (secondary N) is 3. The number of aromatic amines is 1. The first-order valence-corrected chi connectivity index (χ1v) is 8.19. The summed E-state index contributed by atoms with van der Waals surface area (Å²) in [5, 5.41) is 10.8. The van der Waals surface area contributed by atoms with Crippen LogP contribution in [0.5, 0.6) is 0 Å². The van der Waals surface area contributed by atoms with Gasteiger partial charge < -0.3 is 15.6 Å². The molecule has 0 unspecified atom stereocenters. The minimum Gasteiger partial charge on any atom is -0.357 e. The molecule has 126 valence electrons. The van der Waals surface area contributed by atoms with E-state index in [1.54, 1.807) is 6.20 Å². The lowest BCUT2D eigenvalue weighted by Gasteiger charge is -2.10. The van der Waals surface area contributed by atoms with Crippen molar-refractivity contribution in [2.24, 2.45) is 12.0 Å². The van der Waals surface area contributed by atoms with E-state index in [9.17, 15) is 0 Å². The Morgan fingerprint density at radius 3 is 2.88 bits per heavy atom. The molecule has 7 nitrogen and oxygen atoms in total. The molecule has 0 saturated heterocycles. The van der Waals surface area contributed by atoms with Crippen LogP contribution < -0.4 is 10.6 Å². The average molecular weight is 325 g/mol. The largest absolute Gasteiger partial charge is 0.357 e. The zero-order chi connectivity index (χ0) is 16.8. The van der Waals surface area contributed by atoms with Crippen molar-refractivity contribution in [3.63, 3.8) is 0 Å². The Labute approximate surface area is 141 Å². The number of rotatable bonds is 6. The molecule has 24 heavy (non-hydrogen) atoms. The van der Waals surface area contributed by atoms with Crippen LogP contribution in [0.2, 0.25) is 0 Å². The van der Waals surface area contributed by atoms with Crippen LogP contribution in [-0.4, -0.2) is 38.8 Å². The molecular weight excluding hydrogens is 302 g/mol. The van der Waals surface area contributed by atoms with Crippen LogP contribution in [0.1, 0.15) is 18.4 Å². The standard InChI is InChI=1S/C17H23N7/c1-3-18-17(20-12-13-8-11-21-24(13)2)19-10-9-16-22-14-6-4-5-7-15(14)23-16/h4-8,11H,3,9-10,12H2,1-2H3,(H,22,23)(H2,18,19,20). The third-order valence-electron chi connectivity index (χ3n) is 3.76. The van der Waals surface area contributed by atoms with Gasteiger partial charge in [-0.05, 0) is 25.1 Å². The third-order valence-corrected chi connectivity index (χ3v) is 3.76. The highest BCUT2D eigenvalue weighted by Crippen LogP contribution is 2.10. The molecule has 2 heterocycles. The topological polar surface area (TPSA) is 82.9 Å². The monoisotopic (exact) mass is 325 g/mol. The van der Waals surface area contributed by atoms with Gasteiger partial charge in [-0.3, -0.25) is 4.68 Å². The van der Waals surface area contributed by atoms with Gasteiger partial charge in [0.2, 0.25) is 0 Å². The van der Waals surface area contributed by atoms with Crippen LogP contribution in [0, 0.1) is 0 Å². The maximum Gasteiger partial charge on any atom is 0.191 e. The number of nitrogens with zero attached hydrogens (tertiary/aromatic N) is 4. The molecular formula is C17H23N7. The van der Waals surface area contributed by atoms with Crippen molar-refractivity contribution < 1.29 is 0 Å². The number of H-pyrrole nitrogens is 1. The summed E-state index contributed by atoms with van der Waals surface area (Å²) in [6.45, 7) is 4.23. The average Bonchev–Trinajstić information content (AvgIpc) is 3.18. The van der Waals surface area contributed by atoms with E-state index in [1.165, 1.54) is 0 Å². The molecule has 0 aliphatic carbocycles. The predicted molar refractivity (Wildman–Crippen MR) is 95.8 cm³/mol. The number of guanidine groups is 1. The molecule has 7 heteroatoms. The van der Waals surface area contributed by atoms with Crippen molar-refractivity contribution in [2.75, 3.05) is 13.1 Å². The first-order chi connectivity index (χ1) is 11.8. The molecule has 3 rings (SSSR count). The number of para-hydroxylation sites is 2. The summed E-state index contributed by atoms with van der Waals surface area (Å²) in [4.78, 5) is 12.5. The van der Waals surface area contributed by atoms with Crippen molar-refractivity contribution in [3.8, 4) is 0 Å². The second kappa shape index (κ2) is 7.63. The van der Waals surface area contributed by atoms with Crippen molar-refractivity contribution in [1.82, 2.24) is 30.4 Å². The van der Waals surface area contributed by atoms with Gasteiger partial charge in [0.05, 0.1) is 23.3 Å². The molecule has 0 atom stereocenters. The highest BCUT2D eigenvalue weighted by atomic mass is 15.3. The predicted octanol–water partition coefficient (Wildman–Crippen LogP) is 1.59. The van der Waals surface area contributed by atoms with E-state index in [-0.39, 0.29) is 0 Å². The summed E-state index contributed by atoms with van der Waals surface area (Å²) < 4.78 is 1.83. The molecule has 0 bridgehead atoms. The zero-order valence-electron chi connectivity index (χ0n) is 14.1. The number of imidazole rings is 1. The van der Waals surface area contributed by atoms with Gasteiger partial charge in [-0.1, -0.05) is 12.1 Å². The fraction of sp³-hybridized carbons (Fsp3) is 0.353. The highest BCUT2D eigenvalue weighted by Gasteiger charge is 2.03. The lowest BCUT2D eigenvalue weighted by atomic mass is 10.3. The fourth-order valence-corrected chi connectivity index (χ4v) is 2.48. The summed E-state index contributed by atoms with van der Waals surface area (Å²) >= 11 is 0. The van der Waals surface area contributed by atoms with Crippen molar-refractivity contribution in [2.45, 2.75) is 19.9 Å². The van der Waals surface area contributed by atoms with E-state index in [0.717, 1.165) is 48.0 Å². The lowest BCUT2D eigenvalue weighted by Crippen LogP contribution is -2.38. The summed E-state index contributed by atoms with van der Waals surface area (Å²) in [5.74, 6) is 1.78. The molecule has 0 fully saturated rings. The van der Waals surface area contributed by atoms with Gasteiger partial charge in [0, 0.05) is 32.8 Å². The zero-order valence-corrected chi connectivity index (χ0v) is 14.1. The Morgan fingerprint density at radius 2 is 2.12 bits per heavy atom. The number of fused-ring (bicyclic) bond motifs is 1. The second-order valence-corrected chi connectivity index (χ2v) is 5.52. The highest BCUT2D eigenvalue weighted by molar-refractivity contribution is 5.79. The van der Waals surface area contributed by atoms with Crippen LogP contribution in [0.3, 0.4) is 0 Å². The van der Waals surface area contributed by atoms with Crippen LogP contribution >= 0.6 is 0 Å². The number of hydrogen-bond donors (Lipinski definition) is 3. The van der Waals surface area contributed by atoms with Gasteiger partial charge in [0.25, 0.3) is 0 Å². The molecule has 3 aromatic rings. The Morgan fingerprint density at radius 1 is 1.25 bits per heavy atom. The van der Waals surface area contributed by atoms with Crippen LogP contribution in [0.15, 0.2) is 41.5 Å². The van der Waals surface area contributed by atoms with Gasteiger partial charge in [-0.25, -0.2) is 9.98 Å². The van der Waals surface area contributed by atoms with Gasteiger partial charge in [0.1, 0.15) is 5.82 Å². The van der Waals surface area contributed by atoms with E-state index in [2.05, 4.69) is 37.6 Å². The molecule has 2 aromatic heterocycles. The van der Waals surface area contributed by atoms with Crippen LogP contribution in [-0.2, 0) is 20.0 Å². The van der Waals surface area contributed by atoms with Gasteiger partial charge in [-0.2, -0.15) is 5.10 Å². The van der Waals surface area contributed by atoms with E-state index < -0.39 is 0 Å². The van der Waals surface area contributed by atoms with Crippen LogP contribution in [0.25, 0.3) is 11.0 Å². The number of benzene rings is 1. The number of aryl methyl sites for hydroxylation is 1. The Kier molecular flexibility index (Phi) is 5.10. The van der Waals surface area contributed by atoms with Crippen molar-refractivity contribution in [3.05, 3.63) is 48.0 Å². The molecule has 0 spiro atoms. The van der Waals surface area contributed by atoms with Crippen LogP contribution in [0.4, 0.5) is 0 Å². The van der Waals surface area contributed by atoms with E-state index in [1.807, 2.05) is 42.1 Å². The van der Waals surface area contributed by atoms with E-state index in [0.29, 0.717) is 6.54 Å². The summed E-state index contributed by atoms with van der Waals surface area (Å²) in [6, 6.07) is 10.0. The molecule has 0 radical (unpaired) electrons. The van der Waals surface area contributed by atoms with Gasteiger partial charge in [-0.15, -0.1) is 0 Å². The van der Waals surface area contributed by atoms with Gasteiger partial charge >= 0.3 is 0 Å². The van der Waals surface area contributed by atoms with E-state index in [4.69, 9.17) is 0 Å². The summed E-state index contributed by atoms with van der Waals surface area (Å²) in [7, 11) is 1.92. The molecule has 3 N–H and O–H groups in total.